The normalized spacial score (nSPS) is 23.2. The minimum Gasteiger partial charge on any atom is -0.316 e. The Labute approximate surface area is 132 Å². The van der Waals surface area contributed by atoms with E-state index in [2.05, 4.69) is 59.4 Å². The smallest absolute Gasteiger partial charge is 0.0175 e. The molecule has 0 heterocycles. The largest absolute Gasteiger partial charge is 0.316 e. The van der Waals surface area contributed by atoms with Crippen LogP contribution in [0.3, 0.4) is 0 Å². The fourth-order valence-electron chi connectivity index (χ4n) is 3.30. The SMILES string of the molecule is CC(C)CNCC1CCCCC1Cc1ccc(Br)cc1. The van der Waals surface area contributed by atoms with E-state index < -0.39 is 0 Å². The first-order valence-electron chi connectivity index (χ1n) is 8.10. The van der Waals surface area contributed by atoms with E-state index in [1.807, 2.05) is 0 Å². The van der Waals surface area contributed by atoms with Gasteiger partial charge in [-0.3, -0.25) is 0 Å². The van der Waals surface area contributed by atoms with Gasteiger partial charge in [0, 0.05) is 4.47 Å². The van der Waals surface area contributed by atoms with Gasteiger partial charge in [-0.2, -0.15) is 0 Å². The second-order valence-corrected chi connectivity index (χ2v) is 7.60. The van der Waals surface area contributed by atoms with Crippen molar-refractivity contribution in [2.24, 2.45) is 17.8 Å². The van der Waals surface area contributed by atoms with Gasteiger partial charge in [-0.1, -0.05) is 54.8 Å². The zero-order valence-corrected chi connectivity index (χ0v) is 14.5. The van der Waals surface area contributed by atoms with Gasteiger partial charge in [0.1, 0.15) is 0 Å². The number of nitrogens with one attached hydrogen (secondary N) is 1. The van der Waals surface area contributed by atoms with E-state index in [0.717, 1.165) is 24.3 Å². The van der Waals surface area contributed by atoms with Gasteiger partial charge >= 0.3 is 0 Å². The average Bonchev–Trinajstić information content (AvgIpc) is 2.43. The van der Waals surface area contributed by atoms with Crippen LogP contribution in [0.2, 0.25) is 0 Å². The van der Waals surface area contributed by atoms with Gasteiger partial charge in [-0.15, -0.1) is 0 Å². The molecule has 2 heteroatoms. The summed E-state index contributed by atoms with van der Waals surface area (Å²) in [6, 6.07) is 8.89. The minimum absolute atomic E-state index is 0.753. The fourth-order valence-corrected chi connectivity index (χ4v) is 3.57. The maximum absolute atomic E-state index is 3.67. The molecule has 0 saturated heterocycles. The highest BCUT2D eigenvalue weighted by Gasteiger charge is 2.24. The summed E-state index contributed by atoms with van der Waals surface area (Å²) in [6.45, 7) is 6.93. The molecule has 0 spiro atoms. The van der Waals surface area contributed by atoms with Crippen LogP contribution in [-0.2, 0) is 6.42 Å². The molecule has 0 radical (unpaired) electrons. The Morgan fingerprint density at radius 3 is 2.40 bits per heavy atom. The van der Waals surface area contributed by atoms with Gasteiger partial charge in [0.05, 0.1) is 0 Å². The molecule has 112 valence electrons. The molecule has 1 aromatic rings. The molecule has 0 aliphatic heterocycles. The van der Waals surface area contributed by atoms with Gasteiger partial charge in [-0.25, -0.2) is 0 Å². The summed E-state index contributed by atoms with van der Waals surface area (Å²) >= 11 is 3.52. The molecule has 1 fully saturated rings. The molecule has 2 unspecified atom stereocenters. The third-order valence-corrected chi connectivity index (χ3v) is 4.97. The van der Waals surface area contributed by atoms with Crippen LogP contribution in [-0.4, -0.2) is 13.1 Å². The van der Waals surface area contributed by atoms with Gasteiger partial charge in [0.15, 0.2) is 0 Å². The van der Waals surface area contributed by atoms with Crippen molar-refractivity contribution >= 4 is 15.9 Å². The lowest BCUT2D eigenvalue weighted by Gasteiger charge is -2.32. The highest BCUT2D eigenvalue weighted by Crippen LogP contribution is 2.32. The molecule has 1 aliphatic carbocycles. The van der Waals surface area contributed by atoms with Crippen LogP contribution in [0.4, 0.5) is 0 Å². The summed E-state index contributed by atoms with van der Waals surface area (Å²) in [5.41, 5.74) is 1.49. The van der Waals surface area contributed by atoms with Crippen molar-refractivity contribution in [3.05, 3.63) is 34.3 Å². The van der Waals surface area contributed by atoms with Crippen LogP contribution in [0.1, 0.15) is 45.1 Å². The van der Waals surface area contributed by atoms with Crippen LogP contribution in [0.25, 0.3) is 0 Å². The fraction of sp³-hybridized carbons (Fsp3) is 0.667. The first-order valence-corrected chi connectivity index (χ1v) is 8.89. The first-order chi connectivity index (χ1) is 9.65. The second-order valence-electron chi connectivity index (χ2n) is 6.69. The first kappa shape index (κ1) is 16.0. The van der Waals surface area contributed by atoms with E-state index >= 15 is 0 Å². The zero-order valence-electron chi connectivity index (χ0n) is 12.9. The van der Waals surface area contributed by atoms with Gasteiger partial charge in [0.25, 0.3) is 0 Å². The molecule has 0 amide bonds. The minimum atomic E-state index is 0.753. The number of hydrogen-bond donors (Lipinski definition) is 1. The van der Waals surface area contributed by atoms with Gasteiger partial charge in [-0.05, 0) is 67.8 Å². The van der Waals surface area contributed by atoms with Crippen LogP contribution >= 0.6 is 15.9 Å². The lowest BCUT2D eigenvalue weighted by Crippen LogP contribution is -2.33. The number of hydrogen-bond acceptors (Lipinski definition) is 1. The Balaban J connectivity index is 1.87. The summed E-state index contributed by atoms with van der Waals surface area (Å²) in [5.74, 6) is 2.49. The molecule has 1 aromatic carbocycles. The van der Waals surface area contributed by atoms with Crippen molar-refractivity contribution in [3.8, 4) is 0 Å². The predicted octanol–water partition coefficient (Wildman–Crippen LogP) is 5.04. The van der Waals surface area contributed by atoms with E-state index in [4.69, 9.17) is 0 Å². The Morgan fingerprint density at radius 1 is 1.10 bits per heavy atom. The van der Waals surface area contributed by atoms with Crippen molar-refractivity contribution in [1.82, 2.24) is 5.32 Å². The number of benzene rings is 1. The third-order valence-electron chi connectivity index (χ3n) is 4.44. The van der Waals surface area contributed by atoms with Crippen LogP contribution < -0.4 is 5.32 Å². The van der Waals surface area contributed by atoms with Crippen molar-refractivity contribution < 1.29 is 0 Å². The quantitative estimate of drug-likeness (QED) is 0.766. The summed E-state index contributed by atoms with van der Waals surface area (Å²) < 4.78 is 1.18. The second kappa shape index (κ2) is 8.19. The lowest BCUT2D eigenvalue weighted by molar-refractivity contribution is 0.226. The third kappa shape index (κ3) is 5.21. The molecule has 1 saturated carbocycles. The average molecular weight is 338 g/mol. The van der Waals surface area contributed by atoms with Crippen LogP contribution in [0.15, 0.2) is 28.7 Å². The topological polar surface area (TPSA) is 12.0 Å². The number of rotatable bonds is 6. The lowest BCUT2D eigenvalue weighted by atomic mass is 9.76. The molecule has 2 rings (SSSR count). The maximum Gasteiger partial charge on any atom is 0.0175 e. The van der Waals surface area contributed by atoms with Crippen molar-refractivity contribution in [2.45, 2.75) is 46.0 Å². The van der Waals surface area contributed by atoms with Crippen molar-refractivity contribution in [3.63, 3.8) is 0 Å². The summed E-state index contributed by atoms with van der Waals surface area (Å²) in [6.07, 6.45) is 6.91. The molecule has 1 aliphatic rings. The Hall–Kier alpha value is -0.340. The molecular weight excluding hydrogens is 310 g/mol. The van der Waals surface area contributed by atoms with Crippen molar-refractivity contribution in [2.75, 3.05) is 13.1 Å². The molecule has 1 nitrogen and oxygen atoms in total. The monoisotopic (exact) mass is 337 g/mol. The Bertz CT molecular complexity index is 385. The maximum atomic E-state index is 3.67. The van der Waals surface area contributed by atoms with Crippen LogP contribution in [0.5, 0.6) is 0 Å². The van der Waals surface area contributed by atoms with Crippen molar-refractivity contribution in [1.29, 1.82) is 0 Å². The zero-order chi connectivity index (χ0) is 14.4. The Morgan fingerprint density at radius 2 is 1.75 bits per heavy atom. The van der Waals surface area contributed by atoms with E-state index in [1.165, 1.54) is 48.7 Å². The Kier molecular flexibility index (Phi) is 6.57. The summed E-state index contributed by atoms with van der Waals surface area (Å²) in [5, 5.41) is 3.67. The number of halogens is 1. The van der Waals surface area contributed by atoms with E-state index in [-0.39, 0.29) is 0 Å². The van der Waals surface area contributed by atoms with E-state index in [1.54, 1.807) is 0 Å². The van der Waals surface area contributed by atoms with Crippen LogP contribution in [0, 0.1) is 17.8 Å². The highest BCUT2D eigenvalue weighted by molar-refractivity contribution is 9.10. The summed E-state index contributed by atoms with van der Waals surface area (Å²) in [7, 11) is 0. The molecule has 2 atom stereocenters. The van der Waals surface area contributed by atoms with E-state index in [9.17, 15) is 0 Å². The van der Waals surface area contributed by atoms with Gasteiger partial charge < -0.3 is 5.32 Å². The standard InChI is InChI=1S/C18H28BrN/c1-14(2)12-20-13-17-6-4-3-5-16(17)11-15-7-9-18(19)10-8-15/h7-10,14,16-17,20H,3-6,11-13H2,1-2H3. The molecule has 0 bridgehead atoms. The molecular formula is C18H28BrN. The molecule has 1 N–H and O–H groups in total. The molecule has 0 aromatic heterocycles. The molecule has 20 heavy (non-hydrogen) atoms. The predicted molar refractivity (Wildman–Crippen MR) is 91.0 cm³/mol. The van der Waals surface area contributed by atoms with Gasteiger partial charge in [0.2, 0.25) is 0 Å². The summed E-state index contributed by atoms with van der Waals surface area (Å²) in [4.78, 5) is 0. The highest BCUT2D eigenvalue weighted by atomic mass is 79.9. The van der Waals surface area contributed by atoms with E-state index in [0.29, 0.717) is 0 Å².